The summed E-state index contributed by atoms with van der Waals surface area (Å²) in [6.45, 7) is 6.38. The summed E-state index contributed by atoms with van der Waals surface area (Å²) < 4.78 is 40.0. The Morgan fingerprint density at radius 2 is 1.79 bits per heavy atom. The molecule has 2 N–H and O–H groups in total. The Kier molecular flexibility index (Phi) is 6.83. The SMILES string of the molecule is Cc1nc(NC2CN(C(=O)c3cc(F)c(F)c(F)c3)C2)cc2c1NC(=O)[C@H](C(C)C)N2C.S. The third-order valence-corrected chi connectivity index (χ3v) is 5.88. The van der Waals surface area contributed by atoms with Crippen LogP contribution in [0.15, 0.2) is 18.2 Å². The Morgan fingerprint density at radius 1 is 1.18 bits per heavy atom. The van der Waals surface area contributed by atoms with Gasteiger partial charge >= 0.3 is 0 Å². The van der Waals surface area contributed by atoms with Crippen LogP contribution in [0.2, 0.25) is 0 Å². The number of amides is 2. The van der Waals surface area contributed by atoms with Gasteiger partial charge in [0.05, 0.1) is 23.1 Å². The fourth-order valence-electron chi connectivity index (χ4n) is 4.24. The molecule has 7 nitrogen and oxygen atoms in total. The summed E-state index contributed by atoms with van der Waals surface area (Å²) in [5.74, 6) is -4.31. The van der Waals surface area contributed by atoms with Crippen LogP contribution < -0.4 is 15.5 Å². The molecule has 0 unspecified atom stereocenters. The molecule has 2 aliphatic heterocycles. The molecule has 3 heterocycles. The maximum Gasteiger partial charge on any atom is 0.254 e. The van der Waals surface area contributed by atoms with Crippen molar-refractivity contribution >= 4 is 42.5 Å². The highest BCUT2D eigenvalue weighted by Gasteiger charge is 2.36. The standard InChI is InChI=1S/C22H24F3N5O2.H2S/c1-10(2)20-21(31)28-19-11(3)26-17(7-16(19)29(20)4)27-13-8-30(9-13)22(32)12-5-14(23)18(25)15(24)6-12;/h5-7,10,13,20H,8-9H2,1-4H3,(H,26,27)(H,28,31);1H2/t20-;/m0./s1. The summed E-state index contributed by atoms with van der Waals surface area (Å²) in [6, 6.07) is 2.84. The second-order valence-electron chi connectivity index (χ2n) is 8.58. The number of hydrogen-bond acceptors (Lipinski definition) is 5. The van der Waals surface area contributed by atoms with Gasteiger partial charge in [-0.15, -0.1) is 0 Å². The molecule has 2 amide bonds. The highest BCUT2D eigenvalue weighted by Crippen LogP contribution is 2.37. The molecule has 0 bridgehead atoms. The molecule has 178 valence electrons. The van der Waals surface area contributed by atoms with Crippen LogP contribution in [0.5, 0.6) is 0 Å². The quantitative estimate of drug-likeness (QED) is 0.656. The minimum Gasteiger partial charge on any atom is -0.364 e. The number of likely N-dealkylation sites (tertiary alicyclic amines) is 1. The van der Waals surface area contributed by atoms with Gasteiger partial charge in [0.25, 0.3) is 5.91 Å². The van der Waals surface area contributed by atoms with Crippen molar-refractivity contribution < 1.29 is 22.8 Å². The molecular formula is C22H26F3N5O2S. The number of aryl methyl sites for hydroxylation is 1. The Hall–Kier alpha value is -2.95. The minimum atomic E-state index is -1.60. The van der Waals surface area contributed by atoms with Crippen molar-refractivity contribution in [2.24, 2.45) is 5.92 Å². The van der Waals surface area contributed by atoms with Crippen molar-refractivity contribution in [1.29, 1.82) is 0 Å². The van der Waals surface area contributed by atoms with Gasteiger partial charge in [0.1, 0.15) is 11.9 Å². The monoisotopic (exact) mass is 481 g/mol. The summed E-state index contributed by atoms with van der Waals surface area (Å²) >= 11 is 0. The smallest absolute Gasteiger partial charge is 0.254 e. The Bertz CT molecular complexity index is 1080. The number of nitrogens with one attached hydrogen (secondary N) is 2. The van der Waals surface area contributed by atoms with Crippen LogP contribution in [0.25, 0.3) is 0 Å². The number of fused-ring (bicyclic) bond motifs is 1. The third kappa shape index (κ3) is 4.46. The van der Waals surface area contributed by atoms with Gasteiger partial charge in [-0.05, 0) is 25.0 Å². The lowest BCUT2D eigenvalue weighted by Crippen LogP contribution is -2.57. The van der Waals surface area contributed by atoms with Crippen LogP contribution in [-0.4, -0.2) is 53.9 Å². The summed E-state index contributed by atoms with van der Waals surface area (Å²) in [4.78, 5) is 32.8. The van der Waals surface area contributed by atoms with E-state index in [1.165, 1.54) is 4.90 Å². The second-order valence-corrected chi connectivity index (χ2v) is 8.58. The molecule has 2 aliphatic rings. The van der Waals surface area contributed by atoms with Gasteiger partial charge in [0.2, 0.25) is 5.91 Å². The number of rotatable bonds is 4. The molecule has 4 rings (SSSR count). The molecule has 1 saturated heterocycles. The van der Waals surface area contributed by atoms with E-state index >= 15 is 0 Å². The molecule has 0 spiro atoms. The van der Waals surface area contributed by atoms with Gasteiger partial charge in [-0.25, -0.2) is 18.2 Å². The molecule has 2 aromatic rings. The van der Waals surface area contributed by atoms with Crippen LogP contribution in [-0.2, 0) is 4.79 Å². The van der Waals surface area contributed by atoms with Crippen molar-refractivity contribution in [2.75, 3.05) is 35.7 Å². The van der Waals surface area contributed by atoms with Crippen molar-refractivity contribution in [1.82, 2.24) is 9.88 Å². The average Bonchev–Trinajstić information content (AvgIpc) is 2.68. The third-order valence-electron chi connectivity index (χ3n) is 5.88. The molecule has 1 atom stereocenters. The van der Waals surface area contributed by atoms with Crippen LogP contribution >= 0.6 is 13.5 Å². The highest BCUT2D eigenvalue weighted by molar-refractivity contribution is 7.59. The fraction of sp³-hybridized carbons (Fsp3) is 0.409. The Labute approximate surface area is 196 Å². The molecule has 0 radical (unpaired) electrons. The number of aromatic nitrogens is 1. The van der Waals surface area contributed by atoms with Crippen LogP contribution in [0.4, 0.5) is 30.4 Å². The van der Waals surface area contributed by atoms with Gasteiger partial charge in [0, 0.05) is 31.8 Å². The van der Waals surface area contributed by atoms with E-state index in [1.54, 1.807) is 0 Å². The van der Waals surface area contributed by atoms with E-state index in [4.69, 9.17) is 0 Å². The number of hydrogen-bond donors (Lipinski definition) is 2. The number of halogens is 3. The van der Waals surface area contributed by atoms with E-state index < -0.39 is 23.4 Å². The van der Waals surface area contributed by atoms with E-state index in [1.807, 2.05) is 38.8 Å². The summed E-state index contributed by atoms with van der Waals surface area (Å²) in [5, 5.41) is 6.20. The topological polar surface area (TPSA) is 77.6 Å². The van der Waals surface area contributed by atoms with Crippen molar-refractivity contribution in [3.8, 4) is 0 Å². The molecule has 11 heteroatoms. The van der Waals surface area contributed by atoms with E-state index in [9.17, 15) is 22.8 Å². The zero-order valence-corrected chi connectivity index (χ0v) is 19.7. The summed E-state index contributed by atoms with van der Waals surface area (Å²) in [5.41, 5.74) is 1.95. The Balaban J connectivity index is 0.00000306. The summed E-state index contributed by atoms with van der Waals surface area (Å²) in [7, 11) is 1.87. The predicted octanol–water partition coefficient (Wildman–Crippen LogP) is 3.27. The van der Waals surface area contributed by atoms with Crippen molar-refractivity contribution in [2.45, 2.75) is 32.9 Å². The maximum atomic E-state index is 13.4. The lowest BCUT2D eigenvalue weighted by molar-refractivity contribution is -0.118. The fourth-order valence-corrected chi connectivity index (χ4v) is 4.24. The largest absolute Gasteiger partial charge is 0.364 e. The molecule has 1 aromatic carbocycles. The molecule has 33 heavy (non-hydrogen) atoms. The van der Waals surface area contributed by atoms with Crippen molar-refractivity contribution in [3.63, 3.8) is 0 Å². The highest BCUT2D eigenvalue weighted by atomic mass is 32.1. The lowest BCUT2D eigenvalue weighted by Gasteiger charge is -2.41. The number of pyridine rings is 1. The first-order valence-corrected chi connectivity index (χ1v) is 10.3. The number of carbonyl (C=O) groups is 2. The van der Waals surface area contributed by atoms with Gasteiger partial charge < -0.3 is 20.4 Å². The molecular weight excluding hydrogens is 455 g/mol. The normalized spacial score (nSPS) is 17.8. The number of carbonyl (C=O) groups excluding carboxylic acids is 2. The maximum absolute atomic E-state index is 13.4. The summed E-state index contributed by atoms with van der Waals surface area (Å²) in [6.07, 6.45) is 0. The van der Waals surface area contributed by atoms with Gasteiger partial charge in [0.15, 0.2) is 17.5 Å². The first kappa shape index (κ1) is 24.7. The number of likely N-dealkylation sites (N-methyl/N-ethyl adjacent to an activating group) is 1. The predicted molar refractivity (Wildman–Crippen MR) is 125 cm³/mol. The molecule has 1 fully saturated rings. The molecule has 0 aliphatic carbocycles. The van der Waals surface area contributed by atoms with Gasteiger partial charge in [-0.1, -0.05) is 13.8 Å². The van der Waals surface area contributed by atoms with Gasteiger partial charge in [-0.2, -0.15) is 13.5 Å². The van der Waals surface area contributed by atoms with E-state index in [0.717, 1.165) is 5.69 Å². The van der Waals surface area contributed by atoms with Crippen LogP contribution in [0.1, 0.15) is 29.9 Å². The van der Waals surface area contributed by atoms with Crippen LogP contribution in [0.3, 0.4) is 0 Å². The zero-order valence-electron chi connectivity index (χ0n) is 18.7. The average molecular weight is 482 g/mol. The van der Waals surface area contributed by atoms with Crippen LogP contribution in [0, 0.1) is 30.3 Å². The van der Waals surface area contributed by atoms with Crippen molar-refractivity contribution in [3.05, 3.63) is 46.9 Å². The van der Waals surface area contributed by atoms with E-state index in [0.29, 0.717) is 42.4 Å². The van der Waals surface area contributed by atoms with E-state index in [2.05, 4.69) is 15.6 Å². The Morgan fingerprint density at radius 3 is 2.36 bits per heavy atom. The minimum absolute atomic E-state index is 0. The number of benzene rings is 1. The zero-order chi connectivity index (χ0) is 23.3. The first-order chi connectivity index (χ1) is 15.1. The molecule has 0 saturated carbocycles. The molecule has 1 aromatic heterocycles. The lowest BCUT2D eigenvalue weighted by atomic mass is 9.98. The van der Waals surface area contributed by atoms with E-state index in [-0.39, 0.29) is 43.0 Å². The number of anilines is 3. The van der Waals surface area contributed by atoms with Gasteiger partial charge in [-0.3, -0.25) is 9.59 Å². The number of nitrogens with zero attached hydrogens (tertiary/aromatic N) is 3. The first-order valence-electron chi connectivity index (χ1n) is 10.3. The second kappa shape index (κ2) is 9.12.